The van der Waals surface area contributed by atoms with E-state index in [1.54, 1.807) is 0 Å². The Morgan fingerprint density at radius 3 is 2.16 bits per heavy atom. The number of carboxylic acid groups (broad SMARTS) is 1. The molecule has 1 atom stereocenters. The van der Waals surface area contributed by atoms with Crippen LogP contribution < -0.4 is 5.32 Å². The molecule has 0 aromatic heterocycles. The molecule has 3 aliphatic rings. The van der Waals surface area contributed by atoms with Crippen molar-refractivity contribution in [3.8, 4) is 0 Å². The van der Waals surface area contributed by atoms with Gasteiger partial charge in [-0.2, -0.15) is 13.2 Å². The number of anilines is 1. The number of nitrogens with zero attached hydrogens (tertiary/aromatic N) is 2. The molecule has 1 spiro atoms. The van der Waals surface area contributed by atoms with Gasteiger partial charge in [0.15, 0.2) is 0 Å². The van der Waals surface area contributed by atoms with Crippen molar-refractivity contribution in [1.29, 1.82) is 0 Å². The van der Waals surface area contributed by atoms with Crippen LogP contribution in [0.5, 0.6) is 0 Å². The fourth-order valence-corrected chi connectivity index (χ4v) is 3.92. The van der Waals surface area contributed by atoms with Crippen molar-refractivity contribution in [2.24, 2.45) is 5.92 Å². The van der Waals surface area contributed by atoms with Gasteiger partial charge in [-0.1, -0.05) is 0 Å². The maximum absolute atomic E-state index is 12.8. The zero-order valence-electron chi connectivity index (χ0n) is 17.2. The number of nitrogens with one attached hydrogen (secondary N) is 1. The van der Waals surface area contributed by atoms with Crippen molar-refractivity contribution in [2.45, 2.75) is 43.8 Å². The highest BCUT2D eigenvalue weighted by Gasteiger charge is 2.46. The number of carbonyl (C=O) groups is 3. The van der Waals surface area contributed by atoms with E-state index in [0.717, 1.165) is 44.6 Å². The summed E-state index contributed by atoms with van der Waals surface area (Å²) in [5, 5.41) is 10.0. The molecule has 7 nitrogen and oxygen atoms in total. The number of likely N-dealkylation sites (tertiary alicyclic amines) is 2. The fourth-order valence-electron chi connectivity index (χ4n) is 3.92. The molecular weight excluding hydrogens is 415 g/mol. The molecule has 2 N–H and O–H groups in total. The fraction of sp³-hybridized carbons (Fsp3) is 0.571. The second-order valence-electron chi connectivity index (χ2n) is 8.37. The Balaban J connectivity index is 0.000000339. The molecule has 31 heavy (non-hydrogen) atoms. The van der Waals surface area contributed by atoms with Gasteiger partial charge in [0.2, 0.25) is 5.91 Å². The third-order valence-corrected chi connectivity index (χ3v) is 6.15. The van der Waals surface area contributed by atoms with Crippen LogP contribution in [0, 0.1) is 5.92 Å². The lowest BCUT2D eigenvalue weighted by molar-refractivity contribution is -0.192. The first-order chi connectivity index (χ1) is 14.5. The number of benzene rings is 1. The predicted molar refractivity (Wildman–Crippen MR) is 107 cm³/mol. The van der Waals surface area contributed by atoms with Crippen molar-refractivity contribution >= 4 is 23.5 Å². The number of carbonyl (C=O) groups excluding carboxylic acids is 2. The average Bonchev–Trinajstić information content (AvgIpc) is 3.58. The van der Waals surface area contributed by atoms with Crippen LogP contribution in [-0.4, -0.2) is 71.1 Å². The van der Waals surface area contributed by atoms with Gasteiger partial charge in [-0.05, 0) is 63.4 Å². The van der Waals surface area contributed by atoms with Crippen LogP contribution in [-0.2, 0) is 9.59 Å². The number of hydrogen-bond acceptors (Lipinski definition) is 4. The zero-order valence-corrected chi connectivity index (χ0v) is 17.2. The molecule has 1 saturated carbocycles. The number of rotatable bonds is 3. The van der Waals surface area contributed by atoms with Crippen LogP contribution in [0.3, 0.4) is 0 Å². The smallest absolute Gasteiger partial charge is 0.475 e. The van der Waals surface area contributed by atoms with E-state index in [0.29, 0.717) is 5.56 Å². The number of aliphatic carboxylic acids is 1. The second-order valence-corrected chi connectivity index (χ2v) is 8.37. The molecule has 10 heteroatoms. The van der Waals surface area contributed by atoms with Crippen LogP contribution in [0.2, 0.25) is 0 Å². The number of carboxylic acids is 1. The molecule has 2 heterocycles. The highest BCUT2D eigenvalue weighted by atomic mass is 19.4. The van der Waals surface area contributed by atoms with E-state index in [-0.39, 0.29) is 23.3 Å². The van der Waals surface area contributed by atoms with Gasteiger partial charge >= 0.3 is 12.1 Å². The summed E-state index contributed by atoms with van der Waals surface area (Å²) < 4.78 is 31.7. The van der Waals surface area contributed by atoms with Gasteiger partial charge in [-0.15, -0.1) is 0 Å². The summed E-state index contributed by atoms with van der Waals surface area (Å²) in [7, 11) is 2.16. The van der Waals surface area contributed by atoms with Crippen molar-refractivity contribution in [1.82, 2.24) is 9.80 Å². The van der Waals surface area contributed by atoms with E-state index in [1.807, 2.05) is 29.2 Å². The third kappa shape index (κ3) is 5.55. The lowest BCUT2D eigenvalue weighted by Gasteiger charge is -2.55. The molecule has 1 aliphatic carbocycles. The molecule has 170 valence electrons. The molecule has 0 radical (unpaired) electrons. The number of halogens is 3. The van der Waals surface area contributed by atoms with E-state index in [9.17, 15) is 22.8 Å². The number of piperidine rings is 1. The summed E-state index contributed by atoms with van der Waals surface area (Å²) in [6, 6.07) is 7.33. The van der Waals surface area contributed by atoms with Crippen molar-refractivity contribution < 1.29 is 32.7 Å². The first kappa shape index (κ1) is 23.1. The predicted octanol–water partition coefficient (Wildman–Crippen LogP) is 2.98. The molecule has 1 aromatic rings. The topological polar surface area (TPSA) is 90.0 Å². The Morgan fingerprint density at radius 1 is 1.10 bits per heavy atom. The Hall–Kier alpha value is -2.62. The summed E-state index contributed by atoms with van der Waals surface area (Å²) in [4.78, 5) is 37.9. The number of likely N-dealkylation sites (N-methyl/N-ethyl adjacent to an activating group) is 1. The van der Waals surface area contributed by atoms with Crippen LogP contribution >= 0.6 is 0 Å². The summed E-state index contributed by atoms with van der Waals surface area (Å²) >= 11 is 0. The molecule has 4 rings (SSSR count). The van der Waals surface area contributed by atoms with Gasteiger partial charge in [0.25, 0.3) is 5.91 Å². The van der Waals surface area contributed by atoms with Gasteiger partial charge in [0, 0.05) is 42.3 Å². The van der Waals surface area contributed by atoms with Gasteiger partial charge in [0.05, 0.1) is 0 Å². The number of alkyl halides is 3. The quantitative estimate of drug-likeness (QED) is 0.753. The standard InChI is InChI=1S/C19H25N3O2.C2HF3O2/c1-21-12-10-19(21)9-2-11-22(13-19)18(24)15-5-7-16(8-6-15)20-17(23)14-3-4-14;3-2(4,5)1(6)7/h5-8,14H,2-4,9-13H2,1H3,(H,20,23);(H,6,7). The van der Waals surface area contributed by atoms with Gasteiger partial charge in [-0.25, -0.2) is 4.79 Å². The first-order valence-electron chi connectivity index (χ1n) is 10.2. The molecular formula is C21H26F3N3O4. The lowest BCUT2D eigenvalue weighted by Crippen LogP contribution is -2.66. The Bertz CT molecular complexity index is 839. The number of amides is 2. The highest BCUT2D eigenvalue weighted by molar-refractivity contribution is 5.97. The monoisotopic (exact) mass is 441 g/mol. The van der Waals surface area contributed by atoms with Gasteiger partial charge in [-0.3, -0.25) is 14.5 Å². The highest BCUT2D eigenvalue weighted by Crippen LogP contribution is 2.37. The molecule has 2 aliphatic heterocycles. The van der Waals surface area contributed by atoms with E-state index in [1.165, 1.54) is 12.8 Å². The average molecular weight is 441 g/mol. The van der Waals surface area contributed by atoms with E-state index < -0.39 is 12.1 Å². The maximum atomic E-state index is 12.8. The summed E-state index contributed by atoms with van der Waals surface area (Å²) in [6.07, 6.45) is 0.367. The summed E-state index contributed by atoms with van der Waals surface area (Å²) in [5.41, 5.74) is 1.70. The minimum Gasteiger partial charge on any atom is -0.475 e. The zero-order chi connectivity index (χ0) is 22.8. The van der Waals surface area contributed by atoms with Crippen molar-refractivity contribution in [2.75, 3.05) is 32.0 Å². The maximum Gasteiger partial charge on any atom is 0.490 e. The number of hydrogen-bond donors (Lipinski definition) is 2. The normalized spacial score (nSPS) is 23.4. The van der Waals surface area contributed by atoms with Crippen molar-refractivity contribution in [3.63, 3.8) is 0 Å². The van der Waals surface area contributed by atoms with Crippen LogP contribution in [0.4, 0.5) is 18.9 Å². The molecule has 1 aromatic carbocycles. The Morgan fingerprint density at radius 2 is 1.71 bits per heavy atom. The van der Waals surface area contributed by atoms with Crippen LogP contribution in [0.25, 0.3) is 0 Å². The minimum absolute atomic E-state index is 0.0973. The van der Waals surface area contributed by atoms with E-state index in [4.69, 9.17) is 9.90 Å². The molecule has 2 amide bonds. The van der Waals surface area contributed by atoms with Crippen molar-refractivity contribution in [3.05, 3.63) is 29.8 Å². The summed E-state index contributed by atoms with van der Waals surface area (Å²) in [6.45, 7) is 2.81. The molecule has 1 unspecified atom stereocenters. The largest absolute Gasteiger partial charge is 0.490 e. The minimum atomic E-state index is -5.08. The lowest BCUT2D eigenvalue weighted by atomic mass is 9.78. The van der Waals surface area contributed by atoms with E-state index >= 15 is 0 Å². The Labute approximate surface area is 178 Å². The first-order valence-corrected chi connectivity index (χ1v) is 10.2. The molecule has 2 saturated heterocycles. The van der Waals surface area contributed by atoms with Crippen LogP contribution in [0.1, 0.15) is 42.5 Å². The summed E-state index contributed by atoms with van der Waals surface area (Å²) in [5.74, 6) is -2.36. The SMILES string of the molecule is CN1CCC12CCCN(C(=O)c1ccc(NC(=O)C3CC3)cc1)C2.O=C(O)C(F)(F)F. The molecule has 0 bridgehead atoms. The third-order valence-electron chi connectivity index (χ3n) is 6.15. The Kier molecular flexibility index (Phi) is 6.59. The second kappa shape index (κ2) is 8.86. The molecule has 3 fully saturated rings. The van der Waals surface area contributed by atoms with Crippen LogP contribution in [0.15, 0.2) is 24.3 Å². The van der Waals surface area contributed by atoms with Gasteiger partial charge < -0.3 is 15.3 Å². The van der Waals surface area contributed by atoms with Gasteiger partial charge in [0.1, 0.15) is 0 Å². The van der Waals surface area contributed by atoms with E-state index in [2.05, 4.69) is 17.3 Å².